The Kier molecular flexibility index (Phi) is 4.88. The summed E-state index contributed by atoms with van der Waals surface area (Å²) in [5.74, 6) is 0.470. The summed E-state index contributed by atoms with van der Waals surface area (Å²) in [4.78, 5) is 9.47. The van der Waals surface area contributed by atoms with E-state index >= 15 is 0 Å². The largest absolute Gasteiger partial charge is 0.507 e. The van der Waals surface area contributed by atoms with E-state index in [1.165, 1.54) is 30.5 Å². The van der Waals surface area contributed by atoms with Gasteiger partial charge < -0.3 is 5.11 Å². The third kappa shape index (κ3) is 5.24. The van der Waals surface area contributed by atoms with Crippen molar-refractivity contribution < 1.29 is 17.4 Å². The van der Waals surface area contributed by atoms with Gasteiger partial charge in [-0.15, -0.1) is 0 Å². The van der Waals surface area contributed by atoms with E-state index in [0.29, 0.717) is 33.5 Å². The predicted octanol–water partition coefficient (Wildman–Crippen LogP) is 9.59. The minimum absolute atomic E-state index is 0.0584. The molecule has 5 nitrogen and oxygen atoms in total. The normalized spacial score (nSPS) is 15.8. The molecule has 0 amide bonds. The lowest BCUT2D eigenvalue weighted by Gasteiger charge is -2.22. The van der Waals surface area contributed by atoms with Crippen LogP contribution in [0.25, 0.3) is 50.5 Å². The predicted molar refractivity (Wildman–Crippen MR) is 179 cm³/mol. The standard InChI is InChI=1S/C39H36N4O/c1-38(2,3)28-21-26(20-27(22-28)33-19-18-25(23-40)24-41-33)30-14-11-17-34-35(30)42-37(43(34)29-12-8-7-9-13-29)31-15-10-16-32(36(31)44)39(4,5)6/h7-22,24,44H,1-6H3/i1D3,2D3,3D3. The highest BCUT2D eigenvalue weighted by molar-refractivity contribution is 5.96. The maximum atomic E-state index is 11.7. The van der Waals surface area contributed by atoms with Crippen molar-refractivity contribution in [2.45, 2.75) is 52.2 Å². The molecule has 2 aromatic heterocycles. The number of benzene rings is 4. The van der Waals surface area contributed by atoms with E-state index in [-0.39, 0.29) is 28.1 Å². The summed E-state index contributed by atoms with van der Waals surface area (Å²) >= 11 is 0. The Morgan fingerprint density at radius 2 is 1.52 bits per heavy atom. The molecule has 0 atom stereocenters. The second kappa shape index (κ2) is 10.8. The number of aromatic hydroxyl groups is 1. The summed E-state index contributed by atoms with van der Waals surface area (Å²) < 4.78 is 77.9. The Morgan fingerprint density at radius 1 is 0.795 bits per heavy atom. The lowest BCUT2D eigenvalue weighted by molar-refractivity contribution is 0.448. The number of nitriles is 1. The van der Waals surface area contributed by atoms with Crippen LogP contribution in [-0.4, -0.2) is 19.6 Å². The van der Waals surface area contributed by atoms with Gasteiger partial charge >= 0.3 is 0 Å². The van der Waals surface area contributed by atoms with Crippen LogP contribution in [0.4, 0.5) is 0 Å². The van der Waals surface area contributed by atoms with Crippen molar-refractivity contribution in [3.8, 4) is 51.3 Å². The van der Waals surface area contributed by atoms with Gasteiger partial charge in [0.2, 0.25) is 0 Å². The van der Waals surface area contributed by atoms with E-state index in [2.05, 4.69) is 4.98 Å². The number of nitrogens with zero attached hydrogens (tertiary/aromatic N) is 4. The summed E-state index contributed by atoms with van der Waals surface area (Å²) in [7, 11) is 0. The third-order valence-corrected chi connectivity index (χ3v) is 7.65. The molecule has 2 heterocycles. The first-order valence-corrected chi connectivity index (χ1v) is 14.1. The molecule has 6 aromatic rings. The highest BCUT2D eigenvalue weighted by Gasteiger charge is 2.25. The smallest absolute Gasteiger partial charge is 0.149 e. The summed E-state index contributed by atoms with van der Waals surface area (Å²) in [6.07, 6.45) is 1.32. The maximum absolute atomic E-state index is 11.7. The van der Waals surface area contributed by atoms with Crippen molar-refractivity contribution in [2.75, 3.05) is 0 Å². The van der Waals surface area contributed by atoms with Crippen LogP contribution in [-0.2, 0) is 10.8 Å². The number of pyridine rings is 1. The number of rotatable bonds is 4. The first kappa shape index (κ1) is 19.9. The molecule has 0 aliphatic rings. The number of hydrogen-bond donors (Lipinski definition) is 1. The van der Waals surface area contributed by atoms with E-state index in [4.69, 9.17) is 17.3 Å². The molecule has 0 aliphatic heterocycles. The molecular formula is C39H36N4O. The first-order valence-electron chi connectivity index (χ1n) is 18.6. The van der Waals surface area contributed by atoms with Crippen LogP contribution in [0.5, 0.6) is 5.75 Å². The van der Waals surface area contributed by atoms with Gasteiger partial charge in [0, 0.05) is 35.3 Å². The topological polar surface area (TPSA) is 74.7 Å². The zero-order valence-corrected chi connectivity index (χ0v) is 24.6. The van der Waals surface area contributed by atoms with Gasteiger partial charge in [0.25, 0.3) is 0 Å². The molecule has 0 saturated heterocycles. The zero-order chi connectivity index (χ0) is 38.7. The molecule has 0 aliphatic carbocycles. The van der Waals surface area contributed by atoms with Crippen molar-refractivity contribution in [1.82, 2.24) is 14.5 Å². The molecule has 1 N–H and O–H groups in total. The molecule has 44 heavy (non-hydrogen) atoms. The van der Waals surface area contributed by atoms with Gasteiger partial charge in [-0.1, -0.05) is 89.9 Å². The van der Waals surface area contributed by atoms with E-state index in [9.17, 15) is 10.4 Å². The Bertz CT molecular complexity index is 2330. The van der Waals surface area contributed by atoms with Crippen LogP contribution < -0.4 is 0 Å². The van der Waals surface area contributed by atoms with Gasteiger partial charge in [-0.25, -0.2) is 4.98 Å². The molecule has 4 aromatic carbocycles. The SMILES string of the molecule is [2H]C([2H])([2H])C(c1cc(-c2ccc(C#N)cn2)cc(-c2cccc3c2nc(-c2cccc(C(C)(C)C)c2O)n3-c2ccccc2)c1)(C([2H])([2H])[2H])C([2H])([2H])[2H]. The number of imidazole rings is 1. The van der Waals surface area contributed by atoms with Gasteiger partial charge in [0.05, 0.1) is 27.9 Å². The molecule has 0 bridgehead atoms. The summed E-state index contributed by atoms with van der Waals surface area (Å²) in [5.41, 5.74) is 0.282. The van der Waals surface area contributed by atoms with Crippen molar-refractivity contribution in [3.63, 3.8) is 0 Å². The van der Waals surface area contributed by atoms with Gasteiger partial charge in [-0.05, 0) is 76.1 Å². The fourth-order valence-electron chi connectivity index (χ4n) is 5.46. The second-order valence-corrected chi connectivity index (χ2v) is 11.8. The summed E-state index contributed by atoms with van der Waals surface area (Å²) in [5, 5.41) is 21.0. The summed E-state index contributed by atoms with van der Waals surface area (Å²) in [6, 6.07) is 29.5. The maximum Gasteiger partial charge on any atom is 0.149 e. The Morgan fingerprint density at radius 3 is 2.20 bits per heavy atom. The number of phenolic OH excluding ortho intramolecular Hbond substituents is 1. The third-order valence-electron chi connectivity index (χ3n) is 7.65. The van der Waals surface area contributed by atoms with Gasteiger partial charge in [0.1, 0.15) is 17.6 Å². The Labute approximate surface area is 271 Å². The van der Waals surface area contributed by atoms with Crippen LogP contribution in [0.15, 0.2) is 103 Å². The molecule has 218 valence electrons. The van der Waals surface area contributed by atoms with Crippen LogP contribution in [0.1, 0.15) is 70.4 Å². The number of phenols is 1. The van der Waals surface area contributed by atoms with Crippen molar-refractivity contribution >= 4 is 11.0 Å². The lowest BCUT2D eigenvalue weighted by Crippen LogP contribution is -2.11. The summed E-state index contributed by atoms with van der Waals surface area (Å²) in [6.45, 7) is -4.55. The van der Waals surface area contributed by atoms with Crippen LogP contribution in [0, 0.1) is 11.3 Å². The average molecular weight is 586 g/mol. The Hall–Kier alpha value is -5.21. The number of aromatic nitrogens is 3. The van der Waals surface area contributed by atoms with Gasteiger partial charge in [-0.3, -0.25) is 9.55 Å². The highest BCUT2D eigenvalue weighted by atomic mass is 16.3. The molecule has 0 fully saturated rings. The van der Waals surface area contributed by atoms with Crippen LogP contribution >= 0.6 is 0 Å². The van der Waals surface area contributed by atoms with Crippen LogP contribution in [0.2, 0.25) is 0 Å². The van der Waals surface area contributed by atoms with E-state index < -0.39 is 36.9 Å². The fourth-order valence-corrected chi connectivity index (χ4v) is 5.46. The zero-order valence-electron chi connectivity index (χ0n) is 33.6. The quantitative estimate of drug-likeness (QED) is 0.223. The monoisotopic (exact) mass is 585 g/mol. The van der Waals surface area contributed by atoms with Gasteiger partial charge in [0.15, 0.2) is 0 Å². The molecule has 5 heteroatoms. The van der Waals surface area contributed by atoms with Crippen molar-refractivity contribution in [2.24, 2.45) is 0 Å². The molecule has 0 saturated carbocycles. The fraction of sp³-hybridized carbons (Fsp3) is 0.205. The minimum atomic E-state index is -3.51. The average Bonchev–Trinajstić information content (AvgIpc) is 3.46. The molecule has 0 unspecified atom stereocenters. The molecular weight excluding hydrogens is 540 g/mol. The number of hydrogen-bond acceptors (Lipinski definition) is 4. The molecule has 0 radical (unpaired) electrons. The molecule has 0 spiro atoms. The first-order chi connectivity index (χ1) is 24.7. The van der Waals surface area contributed by atoms with Gasteiger partial charge in [-0.2, -0.15) is 5.26 Å². The van der Waals surface area contributed by atoms with Crippen molar-refractivity contribution in [1.29, 1.82) is 5.26 Å². The number of para-hydroxylation sites is 3. The van der Waals surface area contributed by atoms with E-state index in [1.807, 2.05) is 79.9 Å². The highest BCUT2D eigenvalue weighted by Crippen LogP contribution is 2.42. The Balaban J connectivity index is 1.74. The minimum Gasteiger partial charge on any atom is -0.507 e. The number of fused-ring (bicyclic) bond motifs is 1. The lowest BCUT2D eigenvalue weighted by atomic mass is 9.83. The van der Waals surface area contributed by atoms with Crippen LogP contribution in [0.3, 0.4) is 0 Å². The van der Waals surface area contributed by atoms with E-state index in [1.54, 1.807) is 24.3 Å². The van der Waals surface area contributed by atoms with E-state index in [0.717, 1.165) is 5.69 Å². The van der Waals surface area contributed by atoms with Crippen molar-refractivity contribution in [3.05, 3.63) is 120 Å². The molecule has 6 rings (SSSR count). The second-order valence-electron chi connectivity index (χ2n) is 11.8.